The smallest absolute Gasteiger partial charge is 0.209 e. The number of rotatable bonds is 7. The van der Waals surface area contributed by atoms with E-state index in [1.165, 1.54) is 0 Å². The van der Waals surface area contributed by atoms with Gasteiger partial charge in [-0.3, -0.25) is 0 Å². The third-order valence-electron chi connectivity index (χ3n) is 2.27. The highest BCUT2D eigenvalue weighted by Gasteiger charge is 2.07. The van der Waals surface area contributed by atoms with E-state index in [9.17, 15) is 0 Å². The first-order chi connectivity index (χ1) is 8.79. The molecule has 6 nitrogen and oxygen atoms in total. The predicted molar refractivity (Wildman–Crippen MR) is 72.8 cm³/mol. The topological polar surface area (TPSA) is 68.5 Å². The van der Waals surface area contributed by atoms with Crippen LogP contribution in [0.15, 0.2) is 10.5 Å². The molecule has 0 fully saturated rings. The summed E-state index contributed by atoms with van der Waals surface area (Å²) in [4.78, 5) is 4.42. The van der Waals surface area contributed by atoms with Crippen molar-refractivity contribution in [2.24, 2.45) is 0 Å². The zero-order chi connectivity index (χ0) is 12.8. The lowest BCUT2D eigenvalue weighted by Crippen LogP contribution is -2.20. The number of thiazole rings is 1. The van der Waals surface area contributed by atoms with Gasteiger partial charge in [-0.25, -0.2) is 9.67 Å². The molecule has 18 heavy (non-hydrogen) atoms. The molecule has 0 aliphatic heterocycles. The fourth-order valence-electron chi connectivity index (χ4n) is 1.41. The van der Waals surface area contributed by atoms with Crippen LogP contribution in [0.5, 0.6) is 0 Å². The molecule has 2 aromatic heterocycles. The molecule has 0 aliphatic rings. The molecule has 0 aromatic carbocycles. The molecule has 0 radical (unpaired) electrons. The molecule has 0 spiro atoms. The molecule has 0 bridgehead atoms. The monoisotopic (exact) mass is 284 g/mol. The number of aryl methyl sites for hydroxylation is 1. The first-order valence-electron chi connectivity index (χ1n) is 5.80. The Kier molecular flexibility index (Phi) is 5.09. The van der Waals surface area contributed by atoms with Crippen molar-refractivity contribution in [2.45, 2.75) is 31.3 Å². The van der Waals surface area contributed by atoms with Crippen LogP contribution in [0, 0.1) is 6.92 Å². The molecule has 2 rings (SSSR count). The molecular formula is C10H16N6S2. The van der Waals surface area contributed by atoms with Crippen LogP contribution in [0.25, 0.3) is 0 Å². The van der Waals surface area contributed by atoms with Crippen molar-refractivity contribution in [1.82, 2.24) is 30.5 Å². The molecule has 0 unspecified atom stereocenters. The van der Waals surface area contributed by atoms with Gasteiger partial charge >= 0.3 is 0 Å². The summed E-state index contributed by atoms with van der Waals surface area (Å²) in [6, 6.07) is 0. The summed E-state index contributed by atoms with van der Waals surface area (Å²) in [5.41, 5.74) is 1.09. The maximum Gasteiger partial charge on any atom is 0.209 e. The summed E-state index contributed by atoms with van der Waals surface area (Å²) in [5, 5.41) is 19.0. The standard InChI is InChI=1S/C10H16N6S2/c1-3-11-4-5-16-10(13-14-15-16)18-7-9-6-17-8(2)12-9/h6,11H,3-5,7H2,1-2H3. The van der Waals surface area contributed by atoms with Gasteiger partial charge in [-0.2, -0.15) is 0 Å². The molecule has 98 valence electrons. The van der Waals surface area contributed by atoms with Gasteiger partial charge in [0.15, 0.2) is 0 Å². The van der Waals surface area contributed by atoms with Crippen LogP contribution < -0.4 is 5.32 Å². The van der Waals surface area contributed by atoms with Crippen LogP contribution >= 0.6 is 23.1 Å². The molecule has 2 heterocycles. The van der Waals surface area contributed by atoms with Gasteiger partial charge in [-0.05, 0) is 23.9 Å². The van der Waals surface area contributed by atoms with Crippen molar-refractivity contribution in [1.29, 1.82) is 0 Å². The fourth-order valence-corrected chi connectivity index (χ4v) is 2.93. The minimum Gasteiger partial charge on any atom is -0.315 e. The van der Waals surface area contributed by atoms with E-state index in [2.05, 4.69) is 38.1 Å². The summed E-state index contributed by atoms with van der Waals surface area (Å²) >= 11 is 3.29. The Labute approximate surface area is 114 Å². The molecule has 1 N–H and O–H groups in total. The van der Waals surface area contributed by atoms with Crippen LogP contribution in [0.2, 0.25) is 0 Å². The zero-order valence-electron chi connectivity index (χ0n) is 10.5. The minimum absolute atomic E-state index is 0.791. The number of hydrogen-bond acceptors (Lipinski definition) is 7. The third kappa shape index (κ3) is 3.76. The minimum atomic E-state index is 0.791. The summed E-state index contributed by atoms with van der Waals surface area (Å²) in [6.45, 7) is 6.73. The van der Waals surface area contributed by atoms with E-state index in [0.717, 1.165) is 41.2 Å². The Morgan fingerprint density at radius 1 is 1.50 bits per heavy atom. The van der Waals surface area contributed by atoms with Gasteiger partial charge in [0.25, 0.3) is 0 Å². The van der Waals surface area contributed by atoms with Gasteiger partial charge < -0.3 is 5.32 Å². The van der Waals surface area contributed by atoms with E-state index in [-0.39, 0.29) is 0 Å². The molecular weight excluding hydrogens is 268 g/mol. The molecule has 0 saturated carbocycles. The van der Waals surface area contributed by atoms with E-state index in [4.69, 9.17) is 0 Å². The Hall–Kier alpha value is -0.990. The Morgan fingerprint density at radius 3 is 3.11 bits per heavy atom. The molecule has 0 aliphatic carbocycles. The van der Waals surface area contributed by atoms with Gasteiger partial charge in [0.05, 0.1) is 17.2 Å². The average molecular weight is 284 g/mol. The number of tetrazole rings is 1. The van der Waals surface area contributed by atoms with Crippen molar-refractivity contribution < 1.29 is 0 Å². The highest BCUT2D eigenvalue weighted by Crippen LogP contribution is 2.20. The van der Waals surface area contributed by atoms with Crippen molar-refractivity contribution >= 4 is 23.1 Å². The van der Waals surface area contributed by atoms with Gasteiger partial charge in [-0.15, -0.1) is 16.4 Å². The second-order valence-electron chi connectivity index (χ2n) is 3.68. The van der Waals surface area contributed by atoms with E-state index in [1.54, 1.807) is 23.1 Å². The maximum absolute atomic E-state index is 4.42. The SMILES string of the molecule is CCNCCn1nnnc1SCc1csc(C)n1. The molecule has 0 atom stereocenters. The lowest BCUT2D eigenvalue weighted by atomic mass is 10.6. The van der Waals surface area contributed by atoms with Crippen LogP contribution in [0.3, 0.4) is 0 Å². The van der Waals surface area contributed by atoms with Crippen molar-refractivity contribution in [3.63, 3.8) is 0 Å². The Bertz CT molecular complexity index is 480. The molecule has 0 saturated heterocycles. The second kappa shape index (κ2) is 6.81. The number of hydrogen-bond donors (Lipinski definition) is 1. The predicted octanol–water partition coefficient (Wildman–Crippen LogP) is 1.34. The van der Waals surface area contributed by atoms with Crippen molar-refractivity contribution in [3.8, 4) is 0 Å². The van der Waals surface area contributed by atoms with Crippen LogP contribution in [0.4, 0.5) is 0 Å². The largest absolute Gasteiger partial charge is 0.315 e. The molecule has 2 aromatic rings. The fraction of sp³-hybridized carbons (Fsp3) is 0.600. The van der Waals surface area contributed by atoms with Crippen LogP contribution in [-0.4, -0.2) is 38.3 Å². The highest BCUT2D eigenvalue weighted by atomic mass is 32.2. The van der Waals surface area contributed by atoms with Gasteiger partial charge in [0.2, 0.25) is 5.16 Å². The van der Waals surface area contributed by atoms with Gasteiger partial charge in [0.1, 0.15) is 0 Å². The van der Waals surface area contributed by atoms with E-state index < -0.39 is 0 Å². The Morgan fingerprint density at radius 2 is 2.39 bits per heavy atom. The first kappa shape index (κ1) is 13.4. The van der Waals surface area contributed by atoms with Gasteiger partial charge in [-0.1, -0.05) is 18.7 Å². The second-order valence-corrected chi connectivity index (χ2v) is 5.69. The summed E-state index contributed by atoms with van der Waals surface area (Å²) < 4.78 is 1.83. The first-order valence-corrected chi connectivity index (χ1v) is 7.66. The van der Waals surface area contributed by atoms with Crippen LogP contribution in [0.1, 0.15) is 17.6 Å². The lowest BCUT2D eigenvalue weighted by molar-refractivity contribution is 0.517. The summed E-state index contributed by atoms with van der Waals surface area (Å²) in [6.07, 6.45) is 0. The molecule has 8 heteroatoms. The summed E-state index contributed by atoms with van der Waals surface area (Å²) in [5.74, 6) is 0.811. The lowest BCUT2D eigenvalue weighted by Gasteiger charge is -2.03. The zero-order valence-corrected chi connectivity index (χ0v) is 12.1. The molecule has 0 amide bonds. The number of thioether (sulfide) groups is 1. The van der Waals surface area contributed by atoms with Gasteiger partial charge in [0, 0.05) is 17.7 Å². The number of aromatic nitrogens is 5. The summed E-state index contributed by atoms with van der Waals surface area (Å²) in [7, 11) is 0. The van der Waals surface area contributed by atoms with E-state index >= 15 is 0 Å². The van der Waals surface area contributed by atoms with E-state index in [1.807, 2.05) is 11.6 Å². The normalized spacial score (nSPS) is 11.0. The quantitative estimate of drug-likeness (QED) is 0.611. The van der Waals surface area contributed by atoms with Crippen molar-refractivity contribution in [2.75, 3.05) is 13.1 Å². The highest BCUT2D eigenvalue weighted by molar-refractivity contribution is 7.98. The number of nitrogens with one attached hydrogen (secondary N) is 1. The Balaban J connectivity index is 1.87. The maximum atomic E-state index is 4.42. The average Bonchev–Trinajstić information content (AvgIpc) is 2.96. The number of likely N-dealkylation sites (N-methyl/N-ethyl adjacent to an activating group) is 1. The number of nitrogens with zero attached hydrogens (tertiary/aromatic N) is 5. The van der Waals surface area contributed by atoms with Crippen molar-refractivity contribution in [3.05, 3.63) is 16.1 Å². The van der Waals surface area contributed by atoms with Crippen LogP contribution in [-0.2, 0) is 12.3 Å². The van der Waals surface area contributed by atoms with E-state index in [0.29, 0.717) is 0 Å². The third-order valence-corrected chi connectivity index (χ3v) is 4.08.